The number of rotatable bonds is 4. The zero-order chi connectivity index (χ0) is 10.6. The van der Waals surface area contributed by atoms with Gasteiger partial charge in [-0.1, -0.05) is 25.1 Å². The zero-order valence-electron chi connectivity index (χ0n) is 7.93. The van der Waals surface area contributed by atoms with Crippen LogP contribution in [0.4, 0.5) is 0 Å². The fourth-order valence-electron chi connectivity index (χ4n) is 1.05. The Labute approximate surface area is 83.8 Å². The molecule has 0 radical (unpaired) electrons. The van der Waals surface area contributed by atoms with E-state index in [1.165, 1.54) is 0 Å². The summed E-state index contributed by atoms with van der Waals surface area (Å²) in [6.45, 7) is 1.93. The van der Waals surface area contributed by atoms with Gasteiger partial charge in [0, 0.05) is 0 Å². The van der Waals surface area contributed by atoms with Crippen LogP contribution in [-0.4, -0.2) is 14.3 Å². The van der Waals surface area contributed by atoms with Crippen molar-refractivity contribution >= 4 is 10.1 Å². The Bertz CT molecular complexity index is 400. The quantitative estimate of drug-likeness (QED) is 0.757. The van der Waals surface area contributed by atoms with Crippen molar-refractivity contribution < 1.29 is 12.6 Å². The van der Waals surface area contributed by atoms with Gasteiger partial charge in [-0.2, -0.15) is 8.42 Å². The Morgan fingerprint density at radius 1 is 1.36 bits per heavy atom. The average Bonchev–Trinajstić information content (AvgIpc) is 2.18. The maximum absolute atomic E-state index is 11.1. The van der Waals surface area contributed by atoms with Crippen molar-refractivity contribution in [3.05, 3.63) is 29.8 Å². The van der Waals surface area contributed by atoms with Crippen molar-refractivity contribution in [2.75, 3.05) is 5.88 Å². The summed E-state index contributed by atoms with van der Waals surface area (Å²) < 4.78 is 27.0. The van der Waals surface area contributed by atoms with Gasteiger partial charge in [-0.25, -0.2) is 0 Å². The first-order valence-corrected chi connectivity index (χ1v) is 5.87. The molecular formula is C9H13NO3S. The zero-order valence-corrected chi connectivity index (χ0v) is 8.75. The number of hydrogen-bond acceptors (Lipinski definition) is 4. The van der Waals surface area contributed by atoms with Gasteiger partial charge >= 0.3 is 10.1 Å². The molecule has 1 aromatic carbocycles. The molecule has 0 aromatic heterocycles. The Morgan fingerprint density at radius 2 is 2.00 bits per heavy atom. The first-order valence-electron chi connectivity index (χ1n) is 4.29. The molecule has 78 valence electrons. The third kappa shape index (κ3) is 2.71. The summed E-state index contributed by atoms with van der Waals surface area (Å²) in [5.74, 6) is -0.147. The van der Waals surface area contributed by atoms with E-state index in [1.54, 1.807) is 12.1 Å². The van der Waals surface area contributed by atoms with Crippen LogP contribution >= 0.6 is 0 Å². The molecule has 0 bridgehead atoms. The largest absolute Gasteiger partial charge is 0.381 e. The standard InChI is InChI=1S/C9H13NO3S/c1-2-8-5-3-4-6-9(8)13-14(11,12)7-10/h3-6H,2,7,10H2,1H3. The van der Waals surface area contributed by atoms with Crippen LogP contribution in [0.15, 0.2) is 24.3 Å². The molecule has 0 aliphatic heterocycles. The van der Waals surface area contributed by atoms with Gasteiger partial charge in [0.1, 0.15) is 11.6 Å². The summed E-state index contributed by atoms with van der Waals surface area (Å²) in [6.07, 6.45) is 0.719. The molecule has 0 saturated carbocycles. The van der Waals surface area contributed by atoms with Crippen molar-refractivity contribution in [1.82, 2.24) is 0 Å². The van der Waals surface area contributed by atoms with E-state index in [0.29, 0.717) is 5.75 Å². The van der Waals surface area contributed by atoms with Crippen LogP contribution < -0.4 is 9.92 Å². The third-order valence-electron chi connectivity index (χ3n) is 1.77. The molecule has 0 fully saturated rings. The highest BCUT2D eigenvalue weighted by molar-refractivity contribution is 7.87. The van der Waals surface area contributed by atoms with E-state index in [1.807, 2.05) is 19.1 Å². The van der Waals surface area contributed by atoms with Gasteiger partial charge in [0.2, 0.25) is 0 Å². The number of nitrogens with two attached hydrogens (primary N) is 1. The molecule has 0 spiro atoms. The normalized spacial score (nSPS) is 11.3. The smallest absolute Gasteiger partial charge is 0.322 e. The summed E-state index contributed by atoms with van der Waals surface area (Å²) >= 11 is 0. The molecule has 14 heavy (non-hydrogen) atoms. The lowest BCUT2D eigenvalue weighted by molar-refractivity contribution is 0.483. The number of hydrogen-bond donors (Lipinski definition) is 1. The van der Waals surface area contributed by atoms with Gasteiger partial charge in [-0.3, -0.25) is 0 Å². The van der Waals surface area contributed by atoms with Crippen molar-refractivity contribution in [3.8, 4) is 5.75 Å². The highest BCUT2D eigenvalue weighted by Gasteiger charge is 2.11. The molecule has 5 heteroatoms. The van der Waals surface area contributed by atoms with Crippen LogP contribution in [0.3, 0.4) is 0 Å². The molecule has 1 aromatic rings. The van der Waals surface area contributed by atoms with Gasteiger partial charge in [-0.15, -0.1) is 0 Å². The molecule has 1 rings (SSSR count). The second-order valence-electron chi connectivity index (χ2n) is 2.77. The van der Waals surface area contributed by atoms with Crippen LogP contribution in [0.5, 0.6) is 5.75 Å². The molecule has 0 amide bonds. The second kappa shape index (κ2) is 4.43. The lowest BCUT2D eigenvalue weighted by Gasteiger charge is -2.08. The summed E-state index contributed by atoms with van der Waals surface area (Å²) in [6, 6.07) is 6.99. The first kappa shape index (κ1) is 11.0. The number of aryl methyl sites for hydroxylation is 1. The molecule has 0 aliphatic rings. The summed E-state index contributed by atoms with van der Waals surface area (Å²) in [7, 11) is -3.63. The fourth-order valence-corrected chi connectivity index (χ4v) is 1.55. The highest BCUT2D eigenvalue weighted by Crippen LogP contribution is 2.19. The predicted octanol–water partition coefficient (Wildman–Crippen LogP) is 0.874. The molecule has 0 aliphatic carbocycles. The van der Waals surface area contributed by atoms with Crippen LogP contribution in [0.25, 0.3) is 0 Å². The average molecular weight is 215 g/mol. The summed E-state index contributed by atoms with van der Waals surface area (Å²) in [5.41, 5.74) is 5.88. The minimum Gasteiger partial charge on any atom is -0.381 e. The van der Waals surface area contributed by atoms with E-state index in [4.69, 9.17) is 9.92 Å². The van der Waals surface area contributed by atoms with E-state index in [9.17, 15) is 8.42 Å². The lowest BCUT2D eigenvalue weighted by atomic mass is 10.1. The Morgan fingerprint density at radius 3 is 2.57 bits per heavy atom. The molecule has 4 nitrogen and oxygen atoms in total. The Kier molecular flexibility index (Phi) is 3.49. The summed E-state index contributed by atoms with van der Waals surface area (Å²) in [4.78, 5) is 0. The van der Waals surface area contributed by atoms with Crippen molar-refractivity contribution in [2.24, 2.45) is 5.73 Å². The topological polar surface area (TPSA) is 69.4 Å². The van der Waals surface area contributed by atoms with Crippen LogP contribution in [0, 0.1) is 0 Å². The first-order chi connectivity index (χ1) is 6.59. The number of para-hydroxylation sites is 1. The fraction of sp³-hybridized carbons (Fsp3) is 0.333. The molecule has 0 heterocycles. The van der Waals surface area contributed by atoms with Crippen LogP contribution in [0.1, 0.15) is 12.5 Å². The van der Waals surface area contributed by atoms with E-state index >= 15 is 0 Å². The monoisotopic (exact) mass is 215 g/mol. The van der Waals surface area contributed by atoms with Gasteiger partial charge < -0.3 is 9.92 Å². The van der Waals surface area contributed by atoms with Gasteiger partial charge in [0.25, 0.3) is 0 Å². The maximum atomic E-state index is 11.1. The summed E-state index contributed by atoms with van der Waals surface area (Å²) in [5, 5.41) is 0. The molecule has 0 unspecified atom stereocenters. The van der Waals surface area contributed by atoms with Gasteiger partial charge in [-0.05, 0) is 18.1 Å². The van der Waals surface area contributed by atoms with E-state index in [-0.39, 0.29) is 0 Å². The van der Waals surface area contributed by atoms with E-state index in [0.717, 1.165) is 12.0 Å². The minimum atomic E-state index is -3.63. The van der Waals surface area contributed by atoms with Gasteiger partial charge in [0.15, 0.2) is 0 Å². The highest BCUT2D eigenvalue weighted by atomic mass is 32.2. The van der Waals surface area contributed by atoms with Crippen molar-refractivity contribution in [3.63, 3.8) is 0 Å². The van der Waals surface area contributed by atoms with E-state index in [2.05, 4.69) is 0 Å². The molecular weight excluding hydrogens is 202 g/mol. The molecule has 2 N–H and O–H groups in total. The number of benzene rings is 1. The van der Waals surface area contributed by atoms with Gasteiger partial charge in [0.05, 0.1) is 0 Å². The molecule has 0 saturated heterocycles. The van der Waals surface area contributed by atoms with Crippen LogP contribution in [-0.2, 0) is 16.5 Å². The second-order valence-corrected chi connectivity index (χ2v) is 4.38. The Balaban J connectivity index is 2.97. The maximum Gasteiger partial charge on any atom is 0.322 e. The Hall–Kier alpha value is -1.07. The van der Waals surface area contributed by atoms with Crippen molar-refractivity contribution in [2.45, 2.75) is 13.3 Å². The van der Waals surface area contributed by atoms with Crippen molar-refractivity contribution in [1.29, 1.82) is 0 Å². The third-order valence-corrected chi connectivity index (χ3v) is 2.62. The van der Waals surface area contributed by atoms with E-state index < -0.39 is 16.0 Å². The lowest BCUT2D eigenvalue weighted by Crippen LogP contribution is -2.20. The SMILES string of the molecule is CCc1ccccc1OS(=O)(=O)CN. The predicted molar refractivity (Wildman–Crippen MR) is 54.4 cm³/mol. The molecule has 0 atom stereocenters. The van der Waals surface area contributed by atoms with Crippen LogP contribution in [0.2, 0.25) is 0 Å². The minimum absolute atomic E-state index is 0.362.